The second-order valence-electron chi connectivity index (χ2n) is 1.96. The maximum atomic E-state index is 10.6. The van der Waals surface area contributed by atoms with E-state index < -0.39 is 0 Å². The highest BCUT2D eigenvalue weighted by Crippen LogP contribution is 2.17. The summed E-state index contributed by atoms with van der Waals surface area (Å²) in [4.78, 5) is 15.3. The second-order valence-corrected chi connectivity index (χ2v) is 3.66. The molecule has 1 heterocycles. The van der Waals surface area contributed by atoms with Crippen LogP contribution in [0.25, 0.3) is 0 Å². The Balaban J connectivity index is 2.67. The molecule has 0 saturated carbocycles. The number of hydrogen-bond acceptors (Lipinski definition) is 3. The normalized spacial score (nSPS) is 9.80. The van der Waals surface area contributed by atoms with Gasteiger partial charge in [-0.05, 0) is 6.92 Å². The zero-order valence-electron chi connectivity index (χ0n) is 5.43. The third-order valence-corrected chi connectivity index (χ3v) is 2.06. The fraction of sp³-hybridized carbons (Fsp3) is 0.333. The summed E-state index contributed by atoms with van der Waals surface area (Å²) in [5, 5.41) is 0. The highest BCUT2D eigenvalue weighted by Gasteiger charge is 2.00. The van der Waals surface area contributed by atoms with Crippen LogP contribution in [-0.4, -0.2) is 10.8 Å². The standard InChI is InChI=1S/C6H6ClNOS/c1-4(9)2-5-3-8-6(7)10-5/h3H,2H2,1H3. The Bertz CT molecular complexity index is 246. The Hall–Kier alpha value is -0.410. The number of hydrogen-bond donors (Lipinski definition) is 0. The largest absolute Gasteiger partial charge is 0.300 e. The van der Waals surface area contributed by atoms with Crippen molar-refractivity contribution in [1.29, 1.82) is 0 Å². The second kappa shape index (κ2) is 3.12. The van der Waals surface area contributed by atoms with Crippen molar-refractivity contribution in [3.63, 3.8) is 0 Å². The first-order valence-electron chi connectivity index (χ1n) is 2.78. The molecule has 2 nitrogen and oxygen atoms in total. The lowest BCUT2D eigenvalue weighted by Crippen LogP contribution is -1.92. The number of halogens is 1. The maximum absolute atomic E-state index is 10.6. The number of thiazole rings is 1. The van der Waals surface area contributed by atoms with Gasteiger partial charge in [-0.15, -0.1) is 11.3 Å². The first-order valence-corrected chi connectivity index (χ1v) is 3.97. The Morgan fingerprint density at radius 3 is 3.00 bits per heavy atom. The zero-order chi connectivity index (χ0) is 7.56. The number of Topliss-reactive ketones (excluding diaryl/α,β-unsaturated/α-hetero) is 1. The van der Waals surface area contributed by atoms with Crippen LogP contribution in [-0.2, 0) is 11.2 Å². The molecule has 0 atom stereocenters. The van der Waals surface area contributed by atoms with Crippen molar-refractivity contribution in [2.75, 3.05) is 0 Å². The molecule has 0 unspecified atom stereocenters. The molecule has 1 aromatic heterocycles. The lowest BCUT2D eigenvalue weighted by molar-refractivity contribution is -0.116. The van der Waals surface area contributed by atoms with Crippen LogP contribution >= 0.6 is 22.9 Å². The minimum atomic E-state index is 0.139. The number of rotatable bonds is 2. The highest BCUT2D eigenvalue weighted by atomic mass is 35.5. The van der Waals surface area contributed by atoms with Crippen molar-refractivity contribution in [2.24, 2.45) is 0 Å². The molecule has 0 aliphatic carbocycles. The van der Waals surface area contributed by atoms with Gasteiger partial charge in [0.15, 0.2) is 4.47 Å². The zero-order valence-corrected chi connectivity index (χ0v) is 7.00. The van der Waals surface area contributed by atoms with Crippen molar-refractivity contribution in [3.05, 3.63) is 15.5 Å². The van der Waals surface area contributed by atoms with Gasteiger partial charge in [0.2, 0.25) is 0 Å². The maximum Gasteiger partial charge on any atom is 0.183 e. The van der Waals surface area contributed by atoms with Crippen LogP contribution in [0.3, 0.4) is 0 Å². The van der Waals surface area contributed by atoms with Gasteiger partial charge < -0.3 is 0 Å². The summed E-state index contributed by atoms with van der Waals surface area (Å²) in [7, 11) is 0. The van der Waals surface area contributed by atoms with Gasteiger partial charge in [0.25, 0.3) is 0 Å². The quantitative estimate of drug-likeness (QED) is 0.688. The van der Waals surface area contributed by atoms with E-state index in [0.717, 1.165) is 4.88 Å². The van der Waals surface area contributed by atoms with Gasteiger partial charge in [0, 0.05) is 17.5 Å². The average Bonchev–Trinajstić information content (AvgIpc) is 2.13. The third-order valence-electron chi connectivity index (χ3n) is 0.949. The Kier molecular flexibility index (Phi) is 2.40. The molecule has 0 amide bonds. The number of nitrogens with zero attached hydrogens (tertiary/aromatic N) is 1. The molecule has 0 radical (unpaired) electrons. The molecule has 1 rings (SSSR count). The summed E-state index contributed by atoms with van der Waals surface area (Å²) in [6.45, 7) is 1.55. The van der Waals surface area contributed by atoms with E-state index in [0.29, 0.717) is 10.9 Å². The third kappa shape index (κ3) is 2.08. The van der Waals surface area contributed by atoms with Gasteiger partial charge in [-0.2, -0.15) is 0 Å². The first-order chi connectivity index (χ1) is 4.68. The molecule has 0 fully saturated rings. The molecule has 0 spiro atoms. The predicted molar refractivity (Wildman–Crippen MR) is 41.5 cm³/mol. The Labute approximate surface area is 67.9 Å². The predicted octanol–water partition coefficient (Wildman–Crippen LogP) is 1.93. The van der Waals surface area contributed by atoms with E-state index in [-0.39, 0.29) is 5.78 Å². The van der Waals surface area contributed by atoms with Gasteiger partial charge in [0.05, 0.1) is 0 Å². The number of carbonyl (C=O) groups is 1. The number of carbonyl (C=O) groups excluding carboxylic acids is 1. The van der Waals surface area contributed by atoms with E-state index in [2.05, 4.69) is 4.98 Å². The minimum absolute atomic E-state index is 0.139. The average molecular weight is 176 g/mol. The summed E-state index contributed by atoms with van der Waals surface area (Å²) in [6, 6.07) is 0. The highest BCUT2D eigenvalue weighted by molar-refractivity contribution is 7.15. The molecule has 0 N–H and O–H groups in total. The lowest BCUT2D eigenvalue weighted by atomic mass is 10.3. The van der Waals surface area contributed by atoms with Crippen LogP contribution in [0.5, 0.6) is 0 Å². The van der Waals surface area contributed by atoms with Crippen molar-refractivity contribution in [2.45, 2.75) is 13.3 Å². The minimum Gasteiger partial charge on any atom is -0.300 e. The Morgan fingerprint density at radius 1 is 1.90 bits per heavy atom. The van der Waals surface area contributed by atoms with Gasteiger partial charge in [-0.3, -0.25) is 4.79 Å². The Morgan fingerprint density at radius 2 is 2.60 bits per heavy atom. The summed E-state index contributed by atoms with van der Waals surface area (Å²) in [6.07, 6.45) is 2.08. The molecular weight excluding hydrogens is 170 g/mol. The van der Waals surface area contributed by atoms with E-state index in [1.807, 2.05) is 0 Å². The summed E-state index contributed by atoms with van der Waals surface area (Å²) < 4.78 is 0.497. The summed E-state index contributed by atoms with van der Waals surface area (Å²) in [5.41, 5.74) is 0. The molecule has 0 aliphatic rings. The van der Waals surface area contributed by atoms with Gasteiger partial charge in [0.1, 0.15) is 5.78 Å². The molecule has 1 aromatic rings. The SMILES string of the molecule is CC(=O)Cc1cnc(Cl)s1. The summed E-state index contributed by atoms with van der Waals surface area (Å²) >= 11 is 6.89. The topological polar surface area (TPSA) is 30.0 Å². The van der Waals surface area contributed by atoms with Crippen LogP contribution in [0.2, 0.25) is 4.47 Å². The van der Waals surface area contributed by atoms with Gasteiger partial charge in [-0.1, -0.05) is 11.6 Å². The van der Waals surface area contributed by atoms with Crippen molar-refractivity contribution >= 4 is 28.7 Å². The molecular formula is C6H6ClNOS. The number of aromatic nitrogens is 1. The van der Waals surface area contributed by atoms with E-state index in [1.54, 1.807) is 13.1 Å². The molecule has 54 valence electrons. The fourth-order valence-corrected chi connectivity index (χ4v) is 1.66. The van der Waals surface area contributed by atoms with E-state index >= 15 is 0 Å². The van der Waals surface area contributed by atoms with Gasteiger partial charge in [-0.25, -0.2) is 4.98 Å². The fourth-order valence-electron chi connectivity index (χ4n) is 0.611. The molecule has 0 bridgehead atoms. The van der Waals surface area contributed by atoms with Gasteiger partial charge >= 0.3 is 0 Å². The molecule has 0 saturated heterocycles. The van der Waals surface area contributed by atoms with E-state index in [9.17, 15) is 4.79 Å². The van der Waals surface area contributed by atoms with Crippen LogP contribution in [0.4, 0.5) is 0 Å². The van der Waals surface area contributed by atoms with Crippen LogP contribution in [0, 0.1) is 0 Å². The van der Waals surface area contributed by atoms with Crippen LogP contribution in [0.15, 0.2) is 6.20 Å². The molecule has 0 aliphatic heterocycles. The van der Waals surface area contributed by atoms with Crippen molar-refractivity contribution in [3.8, 4) is 0 Å². The molecule has 4 heteroatoms. The summed E-state index contributed by atoms with van der Waals surface area (Å²) in [5.74, 6) is 0.139. The van der Waals surface area contributed by atoms with Crippen molar-refractivity contribution < 1.29 is 4.79 Å². The van der Waals surface area contributed by atoms with Crippen LogP contribution < -0.4 is 0 Å². The van der Waals surface area contributed by atoms with Crippen molar-refractivity contribution in [1.82, 2.24) is 4.98 Å². The molecule has 10 heavy (non-hydrogen) atoms. The van der Waals surface area contributed by atoms with Crippen LogP contribution in [0.1, 0.15) is 11.8 Å². The number of ketones is 1. The smallest absolute Gasteiger partial charge is 0.183 e. The first kappa shape index (κ1) is 7.69. The lowest BCUT2D eigenvalue weighted by Gasteiger charge is -1.85. The van der Waals surface area contributed by atoms with E-state index in [4.69, 9.17) is 11.6 Å². The molecule has 0 aromatic carbocycles. The van der Waals surface area contributed by atoms with E-state index in [1.165, 1.54) is 11.3 Å². The monoisotopic (exact) mass is 175 g/mol.